The van der Waals surface area contributed by atoms with Crippen LogP contribution in [0.15, 0.2) is 97.6 Å². The van der Waals surface area contributed by atoms with Crippen LogP contribution in [0.1, 0.15) is 22.6 Å². The number of hydrogen-bond acceptors (Lipinski definition) is 0. The minimum absolute atomic E-state index is 0. The molecule has 28 heavy (non-hydrogen) atoms. The SMILES string of the molecule is C=C([c-]1cccc1)C1c2cc(I)ccc2-c2ccc(I)cc21.[Fe].[cH-]1[cH-][cH-][cH-][cH-]1. The third-order valence-electron chi connectivity index (χ3n) is 4.88. The molecule has 146 valence electrons. The second-order valence-electron chi connectivity index (χ2n) is 6.56. The van der Waals surface area contributed by atoms with Crippen LogP contribution in [-0.2, 0) is 17.1 Å². The first-order valence-corrected chi connectivity index (χ1v) is 11.0. The molecule has 0 saturated carbocycles. The molecule has 0 atom stereocenters. The Morgan fingerprint density at radius 1 is 0.786 bits per heavy atom. The van der Waals surface area contributed by atoms with Crippen LogP contribution in [0.2, 0.25) is 0 Å². The molecule has 0 unspecified atom stereocenters. The Bertz CT molecular complexity index is 991. The first-order valence-electron chi connectivity index (χ1n) is 8.82. The summed E-state index contributed by atoms with van der Waals surface area (Å²) in [5, 5.41) is 0. The van der Waals surface area contributed by atoms with Gasteiger partial charge < -0.3 is 30.3 Å². The summed E-state index contributed by atoms with van der Waals surface area (Å²) in [4.78, 5) is 0. The van der Waals surface area contributed by atoms with Crippen molar-refractivity contribution in [1.29, 1.82) is 0 Å². The molecule has 0 heterocycles. The molecule has 0 amide bonds. The van der Waals surface area contributed by atoms with E-state index in [9.17, 15) is 0 Å². The summed E-state index contributed by atoms with van der Waals surface area (Å²) in [5.74, 6) is 0.261. The number of benzene rings is 2. The van der Waals surface area contributed by atoms with Crippen molar-refractivity contribution >= 4 is 50.8 Å². The Balaban J connectivity index is 0.000000329. The van der Waals surface area contributed by atoms with Crippen molar-refractivity contribution in [3.05, 3.63) is 121 Å². The zero-order valence-electron chi connectivity index (χ0n) is 15.1. The zero-order chi connectivity index (χ0) is 18.8. The van der Waals surface area contributed by atoms with Gasteiger partial charge in [0.15, 0.2) is 0 Å². The van der Waals surface area contributed by atoms with Gasteiger partial charge in [0.25, 0.3) is 0 Å². The predicted molar refractivity (Wildman–Crippen MR) is 132 cm³/mol. The third-order valence-corrected chi connectivity index (χ3v) is 6.22. The van der Waals surface area contributed by atoms with E-state index in [1.165, 1.54) is 40.5 Å². The van der Waals surface area contributed by atoms with Crippen molar-refractivity contribution in [1.82, 2.24) is 0 Å². The van der Waals surface area contributed by atoms with Gasteiger partial charge in [-0.15, -0.1) is 23.3 Å². The van der Waals surface area contributed by atoms with E-state index >= 15 is 0 Å². The fourth-order valence-electron chi connectivity index (χ4n) is 3.65. The van der Waals surface area contributed by atoms with Crippen molar-refractivity contribution in [2.75, 3.05) is 0 Å². The molecular formula is C25H18FeI2-6. The van der Waals surface area contributed by atoms with E-state index in [4.69, 9.17) is 0 Å². The van der Waals surface area contributed by atoms with Crippen LogP contribution in [0, 0.1) is 7.14 Å². The fraction of sp³-hybridized carbons (Fsp3) is 0.0400. The third kappa shape index (κ3) is 4.38. The summed E-state index contributed by atoms with van der Waals surface area (Å²) >= 11 is 4.79. The molecule has 0 saturated heterocycles. The molecule has 0 fully saturated rings. The predicted octanol–water partition coefficient (Wildman–Crippen LogP) is 7.84. The molecule has 0 spiro atoms. The number of allylic oxidation sites excluding steroid dienone is 1. The maximum absolute atomic E-state index is 4.43. The van der Waals surface area contributed by atoms with Crippen LogP contribution < -0.4 is 0 Å². The molecule has 0 nitrogen and oxygen atoms in total. The van der Waals surface area contributed by atoms with Crippen LogP contribution in [0.25, 0.3) is 16.7 Å². The largest absolute Gasteiger partial charge is 0.748 e. The van der Waals surface area contributed by atoms with E-state index in [0.717, 1.165) is 0 Å². The van der Waals surface area contributed by atoms with Crippen LogP contribution >= 0.6 is 45.2 Å². The van der Waals surface area contributed by atoms with Crippen LogP contribution in [0.4, 0.5) is 0 Å². The Labute approximate surface area is 204 Å². The second kappa shape index (κ2) is 9.57. The van der Waals surface area contributed by atoms with Gasteiger partial charge in [-0.1, -0.05) is 12.1 Å². The topological polar surface area (TPSA) is 0 Å². The Morgan fingerprint density at radius 3 is 1.64 bits per heavy atom. The molecule has 3 heteroatoms. The molecule has 1 aliphatic carbocycles. The Kier molecular flexibility index (Phi) is 7.37. The van der Waals surface area contributed by atoms with Crippen molar-refractivity contribution in [2.24, 2.45) is 0 Å². The summed E-state index contributed by atoms with van der Waals surface area (Å²) in [6.07, 6.45) is 0. The monoisotopic (exact) mass is 628 g/mol. The molecule has 1 aliphatic rings. The van der Waals surface area contributed by atoms with Crippen molar-refractivity contribution in [3.63, 3.8) is 0 Å². The normalized spacial score (nSPS) is 11.6. The molecule has 4 aromatic rings. The van der Waals surface area contributed by atoms with Crippen molar-refractivity contribution in [3.8, 4) is 11.1 Å². The number of fused-ring (bicyclic) bond motifs is 3. The van der Waals surface area contributed by atoms with Crippen molar-refractivity contribution in [2.45, 2.75) is 5.92 Å². The molecule has 4 aromatic carbocycles. The standard InChI is InChI=1S/C20H13I2.C5H5.Fe/c1-12(13-4-2-3-5-13)20-18-10-14(21)6-8-16(18)17-9-7-15(22)11-19(17)20;1-2-4-5-3-1;/h2-11,20H,1H2;1-5H;/q-1;-5;. The van der Waals surface area contributed by atoms with Gasteiger partial charge in [-0.3, -0.25) is 0 Å². The average Bonchev–Trinajstić information content (AvgIpc) is 3.42. The molecule has 0 radical (unpaired) electrons. The molecule has 5 rings (SSSR count). The van der Waals surface area contributed by atoms with E-state index in [1.807, 2.05) is 30.3 Å². The maximum atomic E-state index is 4.43. The van der Waals surface area contributed by atoms with Crippen LogP contribution in [0.5, 0.6) is 0 Å². The van der Waals surface area contributed by atoms with Gasteiger partial charge in [-0.2, -0.15) is 18.7 Å². The summed E-state index contributed by atoms with van der Waals surface area (Å²) in [6.45, 7) is 4.43. The summed E-state index contributed by atoms with van der Waals surface area (Å²) in [6, 6.07) is 32.0. The van der Waals surface area contributed by atoms with Crippen molar-refractivity contribution < 1.29 is 17.1 Å². The minimum atomic E-state index is 0. The van der Waals surface area contributed by atoms with Gasteiger partial charge in [0.1, 0.15) is 0 Å². The van der Waals surface area contributed by atoms with Gasteiger partial charge in [-0.25, -0.2) is 0 Å². The summed E-state index contributed by atoms with van der Waals surface area (Å²) < 4.78 is 2.55. The fourth-order valence-corrected chi connectivity index (χ4v) is 4.68. The number of hydrogen-bond donors (Lipinski definition) is 0. The van der Waals surface area contributed by atoms with Crippen LogP contribution in [0.3, 0.4) is 0 Å². The molecular weight excluding hydrogens is 610 g/mol. The zero-order valence-corrected chi connectivity index (χ0v) is 20.5. The van der Waals surface area contributed by atoms with Crippen LogP contribution in [-0.4, -0.2) is 0 Å². The smallest absolute Gasteiger partial charge is 0.0184 e. The molecule has 0 N–H and O–H groups in total. The van der Waals surface area contributed by atoms with Gasteiger partial charge in [0, 0.05) is 30.1 Å². The van der Waals surface area contributed by atoms with E-state index in [0.29, 0.717) is 0 Å². The van der Waals surface area contributed by atoms with Gasteiger partial charge in [-0.05, 0) is 91.7 Å². The number of halogens is 2. The number of rotatable bonds is 2. The Hall–Kier alpha value is -1.14. The van der Waals surface area contributed by atoms with Gasteiger partial charge >= 0.3 is 0 Å². The van der Waals surface area contributed by atoms with E-state index in [2.05, 4.69) is 112 Å². The van der Waals surface area contributed by atoms with E-state index in [-0.39, 0.29) is 23.0 Å². The first-order chi connectivity index (χ1) is 13.1. The molecule has 0 bridgehead atoms. The summed E-state index contributed by atoms with van der Waals surface area (Å²) in [5.41, 5.74) is 7.90. The second-order valence-corrected chi connectivity index (χ2v) is 9.05. The van der Waals surface area contributed by atoms with Gasteiger partial charge in [0.2, 0.25) is 0 Å². The van der Waals surface area contributed by atoms with Gasteiger partial charge in [0.05, 0.1) is 0 Å². The van der Waals surface area contributed by atoms with E-state index in [1.54, 1.807) is 0 Å². The molecule has 0 aromatic heterocycles. The average molecular weight is 628 g/mol. The molecule has 0 aliphatic heterocycles. The Morgan fingerprint density at radius 2 is 1.21 bits per heavy atom. The summed E-state index contributed by atoms with van der Waals surface area (Å²) in [7, 11) is 0. The minimum Gasteiger partial charge on any atom is -0.748 e. The first kappa shape index (κ1) is 21.6. The quantitative estimate of drug-likeness (QED) is 0.121. The maximum Gasteiger partial charge on any atom is 0.0184 e. The van der Waals surface area contributed by atoms with E-state index < -0.39 is 0 Å².